The fourth-order valence-corrected chi connectivity index (χ4v) is 1.31. The Morgan fingerprint density at radius 2 is 2.55 bits per heavy atom. The summed E-state index contributed by atoms with van der Waals surface area (Å²) in [6.07, 6.45) is 0.150. The predicted octanol–water partition coefficient (Wildman–Crippen LogP) is 1.60. The minimum absolute atomic E-state index is 0.150. The summed E-state index contributed by atoms with van der Waals surface area (Å²) in [7, 11) is 1.31. The number of hydrogen-bond donors (Lipinski definition) is 0. The third-order valence-corrected chi connectivity index (χ3v) is 1.96. The standard InChI is InChI=1S/C7H7FO2S/c1-10-7(9)3-5-2-6(8)11-4-5/h2,4H,3H2,1H3. The molecule has 0 N–H and O–H groups in total. The van der Waals surface area contributed by atoms with E-state index in [1.54, 1.807) is 5.38 Å². The summed E-state index contributed by atoms with van der Waals surface area (Å²) in [5.41, 5.74) is 0.666. The molecule has 1 rings (SSSR count). The van der Waals surface area contributed by atoms with Crippen LogP contribution >= 0.6 is 11.3 Å². The van der Waals surface area contributed by atoms with E-state index >= 15 is 0 Å². The summed E-state index contributed by atoms with van der Waals surface area (Å²) >= 11 is 0.982. The van der Waals surface area contributed by atoms with E-state index in [0.29, 0.717) is 5.56 Å². The normalized spacial score (nSPS) is 9.64. The quantitative estimate of drug-likeness (QED) is 0.636. The lowest BCUT2D eigenvalue weighted by Gasteiger charge is -1.93. The van der Waals surface area contributed by atoms with Crippen molar-refractivity contribution in [3.8, 4) is 0 Å². The fourth-order valence-electron chi connectivity index (χ4n) is 0.677. The highest BCUT2D eigenvalue weighted by Crippen LogP contribution is 2.12. The number of hydrogen-bond acceptors (Lipinski definition) is 3. The molecule has 0 aliphatic rings. The van der Waals surface area contributed by atoms with E-state index in [4.69, 9.17) is 0 Å². The SMILES string of the molecule is COC(=O)Cc1csc(F)c1. The number of halogens is 1. The summed E-state index contributed by atoms with van der Waals surface area (Å²) < 4.78 is 16.8. The van der Waals surface area contributed by atoms with E-state index in [0.717, 1.165) is 11.3 Å². The summed E-state index contributed by atoms with van der Waals surface area (Å²) in [5.74, 6) is -0.345. The molecule has 0 aliphatic heterocycles. The van der Waals surface area contributed by atoms with Crippen LogP contribution < -0.4 is 0 Å². The van der Waals surface area contributed by atoms with Gasteiger partial charge in [0.2, 0.25) is 0 Å². The van der Waals surface area contributed by atoms with E-state index in [2.05, 4.69) is 4.74 Å². The third-order valence-electron chi connectivity index (χ3n) is 1.20. The minimum atomic E-state index is -0.345. The zero-order valence-electron chi connectivity index (χ0n) is 5.96. The maximum Gasteiger partial charge on any atom is 0.310 e. The Labute approximate surface area is 67.6 Å². The monoisotopic (exact) mass is 174 g/mol. The second-order valence-electron chi connectivity index (χ2n) is 2.01. The lowest BCUT2D eigenvalue weighted by atomic mass is 10.2. The van der Waals surface area contributed by atoms with Gasteiger partial charge in [0.25, 0.3) is 0 Å². The van der Waals surface area contributed by atoms with E-state index in [1.165, 1.54) is 13.2 Å². The Morgan fingerprint density at radius 1 is 1.82 bits per heavy atom. The van der Waals surface area contributed by atoms with Crippen molar-refractivity contribution in [1.29, 1.82) is 0 Å². The van der Waals surface area contributed by atoms with Crippen LogP contribution in [0, 0.1) is 5.13 Å². The van der Waals surface area contributed by atoms with Crippen LogP contribution in [0.5, 0.6) is 0 Å². The highest BCUT2D eigenvalue weighted by atomic mass is 32.1. The van der Waals surface area contributed by atoms with Crippen LogP contribution in [-0.4, -0.2) is 13.1 Å². The van der Waals surface area contributed by atoms with Crippen molar-refractivity contribution in [2.75, 3.05) is 7.11 Å². The molecule has 0 aliphatic carbocycles. The molecule has 0 bridgehead atoms. The van der Waals surface area contributed by atoms with Gasteiger partial charge in [0.05, 0.1) is 13.5 Å². The number of carbonyl (C=O) groups excluding carboxylic acids is 1. The van der Waals surface area contributed by atoms with Crippen molar-refractivity contribution in [3.63, 3.8) is 0 Å². The summed E-state index contributed by atoms with van der Waals surface area (Å²) in [6.45, 7) is 0. The molecular weight excluding hydrogens is 167 g/mol. The third kappa shape index (κ3) is 2.31. The van der Waals surface area contributed by atoms with E-state index in [9.17, 15) is 9.18 Å². The van der Waals surface area contributed by atoms with Crippen LogP contribution in [0.4, 0.5) is 4.39 Å². The zero-order chi connectivity index (χ0) is 8.27. The van der Waals surface area contributed by atoms with Gasteiger partial charge in [-0.05, 0) is 17.0 Å². The molecule has 0 spiro atoms. The van der Waals surface area contributed by atoms with Crippen molar-refractivity contribution >= 4 is 17.3 Å². The number of thiophene rings is 1. The largest absolute Gasteiger partial charge is 0.469 e. The second kappa shape index (κ2) is 3.48. The van der Waals surface area contributed by atoms with Gasteiger partial charge in [0.15, 0.2) is 5.13 Å². The molecule has 1 aromatic heterocycles. The first-order chi connectivity index (χ1) is 5.22. The molecule has 1 aromatic rings. The number of rotatable bonds is 2. The Bertz CT molecular complexity index is 257. The Kier molecular flexibility index (Phi) is 2.59. The van der Waals surface area contributed by atoms with Crippen molar-refractivity contribution in [2.45, 2.75) is 6.42 Å². The van der Waals surface area contributed by atoms with Crippen LogP contribution in [-0.2, 0) is 16.0 Å². The molecule has 11 heavy (non-hydrogen) atoms. The average molecular weight is 174 g/mol. The van der Waals surface area contributed by atoms with Crippen LogP contribution in [0.3, 0.4) is 0 Å². The van der Waals surface area contributed by atoms with E-state index < -0.39 is 0 Å². The molecule has 0 atom stereocenters. The van der Waals surface area contributed by atoms with Gasteiger partial charge in [-0.3, -0.25) is 4.79 Å². The van der Waals surface area contributed by atoms with Crippen LogP contribution in [0.25, 0.3) is 0 Å². The Balaban J connectivity index is 2.57. The van der Waals surface area contributed by atoms with E-state index in [-0.39, 0.29) is 17.5 Å². The maximum absolute atomic E-state index is 12.3. The molecule has 0 amide bonds. The summed E-state index contributed by atoms with van der Waals surface area (Å²) in [4.78, 5) is 10.7. The smallest absolute Gasteiger partial charge is 0.310 e. The van der Waals surface area contributed by atoms with Crippen molar-refractivity contribution in [3.05, 3.63) is 22.1 Å². The molecule has 0 saturated heterocycles. The molecule has 1 heterocycles. The lowest BCUT2D eigenvalue weighted by Crippen LogP contribution is -2.03. The minimum Gasteiger partial charge on any atom is -0.469 e. The van der Waals surface area contributed by atoms with Gasteiger partial charge in [-0.15, -0.1) is 11.3 Å². The second-order valence-corrected chi connectivity index (χ2v) is 2.87. The van der Waals surface area contributed by atoms with Crippen LogP contribution in [0.1, 0.15) is 5.56 Å². The molecule has 0 aromatic carbocycles. The first-order valence-electron chi connectivity index (χ1n) is 3.02. The van der Waals surface area contributed by atoms with Crippen LogP contribution in [0.2, 0.25) is 0 Å². The Hall–Kier alpha value is -0.900. The summed E-state index contributed by atoms with van der Waals surface area (Å²) in [6, 6.07) is 1.33. The number of methoxy groups -OCH3 is 1. The topological polar surface area (TPSA) is 26.3 Å². The number of carbonyl (C=O) groups is 1. The predicted molar refractivity (Wildman–Crippen MR) is 40.0 cm³/mol. The van der Waals surface area contributed by atoms with Gasteiger partial charge in [-0.1, -0.05) is 0 Å². The van der Waals surface area contributed by atoms with Gasteiger partial charge >= 0.3 is 5.97 Å². The first kappa shape index (κ1) is 8.20. The number of ether oxygens (including phenoxy) is 1. The molecule has 0 saturated carbocycles. The van der Waals surface area contributed by atoms with Gasteiger partial charge in [-0.2, -0.15) is 4.39 Å². The van der Waals surface area contributed by atoms with Crippen molar-refractivity contribution in [1.82, 2.24) is 0 Å². The highest BCUT2D eigenvalue weighted by Gasteiger charge is 2.04. The van der Waals surface area contributed by atoms with Crippen molar-refractivity contribution in [2.24, 2.45) is 0 Å². The molecule has 60 valence electrons. The zero-order valence-corrected chi connectivity index (χ0v) is 6.78. The number of esters is 1. The van der Waals surface area contributed by atoms with Crippen LogP contribution in [0.15, 0.2) is 11.4 Å². The highest BCUT2D eigenvalue weighted by molar-refractivity contribution is 7.08. The van der Waals surface area contributed by atoms with Gasteiger partial charge in [-0.25, -0.2) is 0 Å². The molecule has 4 heteroatoms. The molecule has 0 unspecified atom stereocenters. The Morgan fingerprint density at radius 3 is 3.00 bits per heavy atom. The fraction of sp³-hybridized carbons (Fsp3) is 0.286. The maximum atomic E-state index is 12.3. The lowest BCUT2D eigenvalue weighted by molar-refractivity contribution is -0.139. The van der Waals surface area contributed by atoms with Gasteiger partial charge < -0.3 is 4.74 Å². The van der Waals surface area contributed by atoms with Gasteiger partial charge in [0.1, 0.15) is 0 Å². The molecule has 0 fully saturated rings. The molecular formula is C7H7FO2S. The average Bonchev–Trinajstić information content (AvgIpc) is 2.35. The van der Waals surface area contributed by atoms with Gasteiger partial charge in [0, 0.05) is 0 Å². The molecule has 2 nitrogen and oxygen atoms in total. The molecule has 0 radical (unpaired) electrons. The first-order valence-corrected chi connectivity index (χ1v) is 3.90. The van der Waals surface area contributed by atoms with E-state index in [1.807, 2.05) is 0 Å². The summed E-state index contributed by atoms with van der Waals surface area (Å²) in [5, 5.41) is 1.33. The van der Waals surface area contributed by atoms with Crippen molar-refractivity contribution < 1.29 is 13.9 Å².